The highest BCUT2D eigenvalue weighted by atomic mass is 32.1. The molecule has 3 nitrogen and oxygen atoms in total. The molecule has 0 radical (unpaired) electrons. The molecular formula is C14H25N3S. The Kier molecular flexibility index (Phi) is 4.76. The normalized spacial score (nSPS) is 26.5. The fourth-order valence-electron chi connectivity index (χ4n) is 2.86. The second-order valence-electron chi connectivity index (χ2n) is 5.78. The molecule has 0 spiro atoms. The lowest BCUT2D eigenvalue weighted by molar-refractivity contribution is 0.163. The van der Waals surface area contributed by atoms with E-state index in [1.54, 1.807) is 11.3 Å². The Labute approximate surface area is 114 Å². The summed E-state index contributed by atoms with van der Waals surface area (Å²) in [4.78, 5) is 7.23. The van der Waals surface area contributed by atoms with Crippen LogP contribution in [-0.2, 0) is 0 Å². The van der Waals surface area contributed by atoms with Crippen molar-refractivity contribution >= 4 is 11.3 Å². The Morgan fingerprint density at radius 3 is 2.89 bits per heavy atom. The molecule has 2 rings (SSSR count). The minimum absolute atomic E-state index is 0.229. The zero-order valence-electron chi connectivity index (χ0n) is 11.7. The van der Waals surface area contributed by atoms with Gasteiger partial charge in [-0.3, -0.25) is 4.90 Å². The number of rotatable bonds is 3. The maximum Gasteiger partial charge on any atom is 0.0898 e. The summed E-state index contributed by atoms with van der Waals surface area (Å²) in [5.74, 6) is 0.678. The number of likely N-dealkylation sites (tertiary alicyclic amines) is 1. The summed E-state index contributed by atoms with van der Waals surface area (Å²) >= 11 is 1.73. The van der Waals surface area contributed by atoms with Crippen LogP contribution in [0, 0.1) is 12.8 Å². The van der Waals surface area contributed by atoms with E-state index in [1.165, 1.54) is 18.5 Å². The first kappa shape index (κ1) is 14.0. The average Bonchev–Trinajstić information content (AvgIpc) is 2.62. The Hall–Kier alpha value is -0.450. The SMILES string of the molecule is Cc1nc(C2C(N)CCCCN2CC(C)C)cs1. The predicted octanol–water partition coefficient (Wildman–Crippen LogP) is 2.96. The Morgan fingerprint density at radius 1 is 1.50 bits per heavy atom. The van der Waals surface area contributed by atoms with E-state index in [9.17, 15) is 0 Å². The first-order valence-electron chi connectivity index (χ1n) is 6.99. The van der Waals surface area contributed by atoms with Crippen molar-refractivity contribution in [1.29, 1.82) is 0 Å². The monoisotopic (exact) mass is 267 g/mol. The molecule has 1 aromatic rings. The number of nitrogens with two attached hydrogens (primary N) is 1. The van der Waals surface area contributed by atoms with E-state index in [-0.39, 0.29) is 6.04 Å². The molecule has 0 aliphatic carbocycles. The lowest BCUT2D eigenvalue weighted by Gasteiger charge is -2.33. The maximum atomic E-state index is 6.41. The summed E-state index contributed by atoms with van der Waals surface area (Å²) in [5.41, 5.74) is 7.60. The average molecular weight is 267 g/mol. The van der Waals surface area contributed by atoms with Crippen LogP contribution in [0.2, 0.25) is 0 Å². The van der Waals surface area contributed by atoms with Crippen molar-refractivity contribution < 1.29 is 0 Å². The molecule has 1 saturated heterocycles. The molecule has 2 N–H and O–H groups in total. The Bertz CT molecular complexity index is 375. The first-order chi connectivity index (χ1) is 8.58. The van der Waals surface area contributed by atoms with E-state index in [1.807, 2.05) is 0 Å². The molecule has 1 fully saturated rings. The molecule has 18 heavy (non-hydrogen) atoms. The third kappa shape index (κ3) is 3.31. The highest BCUT2D eigenvalue weighted by molar-refractivity contribution is 7.09. The van der Waals surface area contributed by atoms with Crippen molar-refractivity contribution in [3.05, 3.63) is 16.1 Å². The van der Waals surface area contributed by atoms with E-state index < -0.39 is 0 Å². The molecule has 2 atom stereocenters. The van der Waals surface area contributed by atoms with E-state index in [0.717, 1.165) is 24.5 Å². The van der Waals surface area contributed by atoms with E-state index in [4.69, 9.17) is 5.73 Å². The van der Waals surface area contributed by atoms with Crippen molar-refractivity contribution in [2.45, 2.75) is 52.1 Å². The quantitative estimate of drug-likeness (QED) is 0.915. The number of hydrogen-bond acceptors (Lipinski definition) is 4. The predicted molar refractivity (Wildman–Crippen MR) is 77.8 cm³/mol. The second kappa shape index (κ2) is 6.13. The van der Waals surface area contributed by atoms with Crippen molar-refractivity contribution in [3.8, 4) is 0 Å². The van der Waals surface area contributed by atoms with Crippen LogP contribution in [0.15, 0.2) is 5.38 Å². The third-order valence-corrected chi connectivity index (χ3v) is 4.36. The van der Waals surface area contributed by atoms with Gasteiger partial charge in [0.05, 0.1) is 16.7 Å². The van der Waals surface area contributed by atoms with Gasteiger partial charge in [0.2, 0.25) is 0 Å². The maximum absolute atomic E-state index is 6.41. The Balaban J connectivity index is 2.22. The number of aromatic nitrogens is 1. The topological polar surface area (TPSA) is 42.1 Å². The molecular weight excluding hydrogens is 242 g/mol. The van der Waals surface area contributed by atoms with Crippen LogP contribution in [0.1, 0.15) is 49.9 Å². The number of thiazole rings is 1. The van der Waals surface area contributed by atoms with Crippen molar-refractivity contribution in [1.82, 2.24) is 9.88 Å². The summed E-state index contributed by atoms with van der Waals surface area (Å²) < 4.78 is 0. The van der Waals surface area contributed by atoms with Crippen molar-refractivity contribution in [3.63, 3.8) is 0 Å². The molecule has 0 bridgehead atoms. The van der Waals surface area contributed by atoms with Gasteiger partial charge in [0.15, 0.2) is 0 Å². The van der Waals surface area contributed by atoms with Crippen LogP contribution in [-0.4, -0.2) is 29.0 Å². The number of aryl methyl sites for hydroxylation is 1. The minimum atomic E-state index is 0.229. The van der Waals surface area contributed by atoms with Crippen LogP contribution >= 0.6 is 11.3 Å². The minimum Gasteiger partial charge on any atom is -0.326 e. The highest BCUT2D eigenvalue weighted by Gasteiger charge is 2.30. The van der Waals surface area contributed by atoms with Gasteiger partial charge in [-0.15, -0.1) is 11.3 Å². The zero-order valence-corrected chi connectivity index (χ0v) is 12.5. The highest BCUT2D eigenvalue weighted by Crippen LogP contribution is 2.30. The van der Waals surface area contributed by atoms with E-state index in [2.05, 4.69) is 36.0 Å². The standard InChI is InChI=1S/C14H25N3S/c1-10(2)8-17-7-5-4-6-12(15)14(17)13-9-18-11(3)16-13/h9-10,12,14H,4-8,15H2,1-3H3. The summed E-state index contributed by atoms with van der Waals surface area (Å²) in [5, 5.41) is 3.34. The molecule has 0 aromatic carbocycles. The summed E-state index contributed by atoms with van der Waals surface area (Å²) in [6.45, 7) is 8.91. The molecule has 1 aromatic heterocycles. The van der Waals surface area contributed by atoms with Gasteiger partial charge < -0.3 is 5.73 Å². The molecule has 2 unspecified atom stereocenters. The molecule has 4 heteroatoms. The molecule has 1 aliphatic heterocycles. The lowest BCUT2D eigenvalue weighted by atomic mass is 10.0. The molecule has 0 amide bonds. The fraction of sp³-hybridized carbons (Fsp3) is 0.786. The second-order valence-corrected chi connectivity index (χ2v) is 6.85. The largest absolute Gasteiger partial charge is 0.326 e. The van der Waals surface area contributed by atoms with E-state index in [0.29, 0.717) is 12.0 Å². The van der Waals surface area contributed by atoms with Crippen LogP contribution in [0.5, 0.6) is 0 Å². The van der Waals surface area contributed by atoms with E-state index >= 15 is 0 Å². The van der Waals surface area contributed by atoms with Crippen molar-refractivity contribution in [2.75, 3.05) is 13.1 Å². The smallest absolute Gasteiger partial charge is 0.0898 e. The lowest BCUT2D eigenvalue weighted by Crippen LogP contribution is -2.41. The summed E-state index contributed by atoms with van der Waals surface area (Å²) in [6, 6.07) is 0.549. The van der Waals surface area contributed by atoms with Crippen molar-refractivity contribution in [2.24, 2.45) is 11.7 Å². The number of hydrogen-bond donors (Lipinski definition) is 1. The number of nitrogens with zero attached hydrogens (tertiary/aromatic N) is 2. The van der Waals surface area contributed by atoms with Crippen LogP contribution in [0.3, 0.4) is 0 Å². The van der Waals surface area contributed by atoms with Gasteiger partial charge in [-0.05, 0) is 32.2 Å². The van der Waals surface area contributed by atoms with Gasteiger partial charge in [-0.2, -0.15) is 0 Å². The summed E-state index contributed by atoms with van der Waals surface area (Å²) in [6.07, 6.45) is 3.63. The van der Waals surface area contributed by atoms with Crippen LogP contribution in [0.4, 0.5) is 0 Å². The van der Waals surface area contributed by atoms with Gasteiger partial charge >= 0.3 is 0 Å². The fourth-order valence-corrected chi connectivity index (χ4v) is 3.50. The van der Waals surface area contributed by atoms with Gasteiger partial charge in [0, 0.05) is 18.0 Å². The first-order valence-corrected chi connectivity index (χ1v) is 7.87. The van der Waals surface area contributed by atoms with Crippen LogP contribution < -0.4 is 5.73 Å². The summed E-state index contributed by atoms with van der Waals surface area (Å²) in [7, 11) is 0. The third-order valence-electron chi connectivity index (χ3n) is 3.57. The van der Waals surface area contributed by atoms with Gasteiger partial charge in [-0.25, -0.2) is 4.98 Å². The molecule has 0 saturated carbocycles. The molecule has 102 valence electrons. The Morgan fingerprint density at radius 2 is 2.28 bits per heavy atom. The van der Waals surface area contributed by atoms with Gasteiger partial charge in [0.1, 0.15) is 0 Å². The van der Waals surface area contributed by atoms with Gasteiger partial charge in [0.25, 0.3) is 0 Å². The zero-order chi connectivity index (χ0) is 13.1. The molecule has 2 heterocycles. The van der Waals surface area contributed by atoms with Gasteiger partial charge in [-0.1, -0.05) is 20.3 Å². The molecule has 1 aliphatic rings. The van der Waals surface area contributed by atoms with Crippen LogP contribution in [0.25, 0.3) is 0 Å².